The number of hydrogen-bond acceptors (Lipinski definition) is 2. The highest BCUT2D eigenvalue weighted by atomic mass is 32.2. The van der Waals surface area contributed by atoms with Crippen molar-refractivity contribution in [3.05, 3.63) is 29.3 Å². The molecule has 0 saturated carbocycles. The molecule has 1 N–H and O–H groups in total. The molecule has 1 heterocycles. The molecule has 1 aromatic carbocycles. The predicted molar refractivity (Wildman–Crippen MR) is 72.7 cm³/mol. The summed E-state index contributed by atoms with van der Waals surface area (Å²) in [4.78, 5) is 1.06. The minimum Gasteiger partial charge on any atom is -0.308 e. The van der Waals surface area contributed by atoms with E-state index < -0.39 is 10.8 Å². The molecule has 3 atom stereocenters. The Morgan fingerprint density at radius 3 is 2.76 bits per heavy atom. The third kappa shape index (κ3) is 2.45. The summed E-state index contributed by atoms with van der Waals surface area (Å²) in [6, 6.07) is 7.04. The lowest BCUT2D eigenvalue weighted by Crippen LogP contribution is -2.35. The molecular formula is C14H21NOS. The molecule has 2 nitrogen and oxygen atoms in total. The average Bonchev–Trinajstić information content (AvgIpc) is 2.24. The van der Waals surface area contributed by atoms with Gasteiger partial charge in [0.1, 0.15) is 0 Å². The third-order valence-corrected chi connectivity index (χ3v) is 5.17. The fraction of sp³-hybridized carbons (Fsp3) is 0.571. The molecule has 0 bridgehead atoms. The molecule has 3 heteroatoms. The molecule has 0 spiro atoms. The summed E-state index contributed by atoms with van der Waals surface area (Å²) in [7, 11) is -0.847. The van der Waals surface area contributed by atoms with Crippen LogP contribution in [-0.2, 0) is 10.8 Å². The molecule has 0 aromatic heterocycles. The van der Waals surface area contributed by atoms with E-state index in [1.807, 2.05) is 0 Å². The number of hydrogen-bond donors (Lipinski definition) is 1. The normalized spacial score (nSPS) is 28.2. The van der Waals surface area contributed by atoms with Crippen molar-refractivity contribution in [2.45, 2.75) is 56.3 Å². The number of aryl methyl sites for hydroxylation is 1. The van der Waals surface area contributed by atoms with Crippen LogP contribution < -0.4 is 5.32 Å². The predicted octanol–water partition coefficient (Wildman–Crippen LogP) is 2.93. The summed E-state index contributed by atoms with van der Waals surface area (Å²) in [6.07, 6.45) is 0.960. The van der Waals surface area contributed by atoms with E-state index in [4.69, 9.17) is 0 Å². The van der Waals surface area contributed by atoms with Gasteiger partial charge in [-0.3, -0.25) is 4.21 Å². The monoisotopic (exact) mass is 251 g/mol. The SMILES string of the molecule is Cc1cccc2c1S(=O)C(C)CC2NC(C)C. The van der Waals surface area contributed by atoms with E-state index >= 15 is 0 Å². The Labute approximate surface area is 106 Å². The Morgan fingerprint density at radius 1 is 1.41 bits per heavy atom. The van der Waals surface area contributed by atoms with E-state index in [0.717, 1.165) is 16.9 Å². The van der Waals surface area contributed by atoms with Gasteiger partial charge in [0.05, 0.1) is 10.8 Å². The quantitative estimate of drug-likeness (QED) is 0.875. The van der Waals surface area contributed by atoms with Gasteiger partial charge >= 0.3 is 0 Å². The minimum atomic E-state index is -0.847. The molecule has 1 aromatic rings. The van der Waals surface area contributed by atoms with Crippen molar-refractivity contribution in [3.8, 4) is 0 Å². The van der Waals surface area contributed by atoms with Crippen LogP contribution in [0.25, 0.3) is 0 Å². The first-order valence-electron chi connectivity index (χ1n) is 6.27. The maximum absolute atomic E-state index is 12.4. The Hall–Kier alpha value is -0.670. The second kappa shape index (κ2) is 4.91. The van der Waals surface area contributed by atoms with Crippen molar-refractivity contribution < 1.29 is 4.21 Å². The zero-order valence-corrected chi connectivity index (χ0v) is 11.8. The molecule has 2 rings (SSSR count). The molecule has 17 heavy (non-hydrogen) atoms. The number of fused-ring (bicyclic) bond motifs is 1. The van der Waals surface area contributed by atoms with Crippen LogP contribution in [0.2, 0.25) is 0 Å². The van der Waals surface area contributed by atoms with Crippen LogP contribution in [-0.4, -0.2) is 15.5 Å². The Kier molecular flexibility index (Phi) is 3.69. The summed E-state index contributed by atoms with van der Waals surface area (Å²) in [6.45, 7) is 8.46. The van der Waals surface area contributed by atoms with Gasteiger partial charge in [0, 0.05) is 22.2 Å². The second-order valence-electron chi connectivity index (χ2n) is 5.21. The van der Waals surface area contributed by atoms with Gasteiger partial charge in [0.25, 0.3) is 0 Å². The lowest BCUT2D eigenvalue weighted by Gasteiger charge is -2.32. The largest absolute Gasteiger partial charge is 0.308 e. The van der Waals surface area contributed by atoms with Crippen molar-refractivity contribution in [2.24, 2.45) is 0 Å². The van der Waals surface area contributed by atoms with Gasteiger partial charge in [-0.15, -0.1) is 0 Å². The maximum Gasteiger partial charge on any atom is 0.0564 e. The molecule has 1 aliphatic heterocycles. The van der Waals surface area contributed by atoms with Gasteiger partial charge in [-0.05, 0) is 24.5 Å². The van der Waals surface area contributed by atoms with Gasteiger partial charge < -0.3 is 5.32 Å². The molecule has 0 amide bonds. The molecule has 0 saturated heterocycles. The van der Waals surface area contributed by atoms with Gasteiger partial charge in [-0.2, -0.15) is 0 Å². The Morgan fingerprint density at radius 2 is 2.12 bits per heavy atom. The van der Waals surface area contributed by atoms with Crippen molar-refractivity contribution in [3.63, 3.8) is 0 Å². The highest BCUT2D eigenvalue weighted by Crippen LogP contribution is 2.35. The van der Waals surface area contributed by atoms with E-state index in [9.17, 15) is 4.21 Å². The van der Waals surface area contributed by atoms with E-state index in [0.29, 0.717) is 12.1 Å². The smallest absolute Gasteiger partial charge is 0.0564 e. The molecule has 0 aliphatic carbocycles. The van der Waals surface area contributed by atoms with E-state index in [-0.39, 0.29) is 5.25 Å². The van der Waals surface area contributed by atoms with Crippen LogP contribution in [0.3, 0.4) is 0 Å². The first kappa shape index (κ1) is 12.8. The van der Waals surface area contributed by atoms with Gasteiger partial charge in [-0.25, -0.2) is 0 Å². The molecular weight excluding hydrogens is 230 g/mol. The van der Waals surface area contributed by atoms with Crippen LogP contribution in [0.15, 0.2) is 23.1 Å². The second-order valence-corrected chi connectivity index (χ2v) is 7.02. The zero-order chi connectivity index (χ0) is 12.6. The van der Waals surface area contributed by atoms with Crippen molar-refractivity contribution in [1.29, 1.82) is 0 Å². The Bertz CT molecular complexity index is 442. The van der Waals surface area contributed by atoms with Gasteiger partial charge in [0.15, 0.2) is 0 Å². The first-order chi connectivity index (χ1) is 8.00. The van der Waals surface area contributed by atoms with Crippen LogP contribution in [0.5, 0.6) is 0 Å². The van der Waals surface area contributed by atoms with Crippen molar-refractivity contribution in [2.75, 3.05) is 0 Å². The van der Waals surface area contributed by atoms with Crippen molar-refractivity contribution in [1.82, 2.24) is 5.32 Å². The molecule has 94 valence electrons. The van der Waals surface area contributed by atoms with E-state index in [2.05, 4.69) is 51.2 Å². The topological polar surface area (TPSA) is 29.1 Å². The summed E-state index contributed by atoms with van der Waals surface area (Å²) in [5.41, 5.74) is 2.39. The molecule has 0 fully saturated rings. The third-order valence-electron chi connectivity index (χ3n) is 3.29. The van der Waals surface area contributed by atoms with Crippen LogP contribution >= 0.6 is 0 Å². The molecule has 1 aliphatic rings. The van der Waals surface area contributed by atoms with Crippen molar-refractivity contribution >= 4 is 10.8 Å². The highest BCUT2D eigenvalue weighted by molar-refractivity contribution is 7.85. The van der Waals surface area contributed by atoms with Crippen LogP contribution in [0.1, 0.15) is 44.4 Å². The zero-order valence-electron chi connectivity index (χ0n) is 11.0. The fourth-order valence-corrected chi connectivity index (χ4v) is 4.13. The summed E-state index contributed by atoms with van der Waals surface area (Å²) in [5.74, 6) is 0. The average molecular weight is 251 g/mol. The summed E-state index contributed by atoms with van der Waals surface area (Å²) >= 11 is 0. The van der Waals surface area contributed by atoms with Crippen LogP contribution in [0, 0.1) is 6.92 Å². The van der Waals surface area contributed by atoms with E-state index in [1.54, 1.807) is 0 Å². The lowest BCUT2D eigenvalue weighted by atomic mass is 9.98. The number of rotatable bonds is 2. The van der Waals surface area contributed by atoms with E-state index in [1.165, 1.54) is 5.56 Å². The van der Waals surface area contributed by atoms with Crippen LogP contribution in [0.4, 0.5) is 0 Å². The van der Waals surface area contributed by atoms with Gasteiger partial charge in [-0.1, -0.05) is 39.0 Å². The number of benzene rings is 1. The fourth-order valence-electron chi connectivity index (χ4n) is 2.53. The minimum absolute atomic E-state index is 0.236. The highest BCUT2D eigenvalue weighted by Gasteiger charge is 2.31. The lowest BCUT2D eigenvalue weighted by molar-refractivity contribution is 0.436. The maximum atomic E-state index is 12.4. The number of nitrogens with one attached hydrogen (secondary N) is 1. The standard InChI is InChI=1S/C14H21NOS/c1-9(2)15-13-8-11(4)17(16)14-10(3)6-5-7-12(13)14/h5-7,9,11,13,15H,8H2,1-4H3. The van der Waals surface area contributed by atoms with Gasteiger partial charge in [0.2, 0.25) is 0 Å². The molecule has 0 radical (unpaired) electrons. The Balaban J connectivity index is 2.46. The molecule has 3 unspecified atom stereocenters. The first-order valence-corrected chi connectivity index (χ1v) is 7.48. The summed E-state index contributed by atoms with van der Waals surface area (Å²) in [5, 5.41) is 3.82. The summed E-state index contributed by atoms with van der Waals surface area (Å²) < 4.78 is 12.4.